The number of rotatable bonds is 4. The van der Waals surface area contributed by atoms with E-state index in [2.05, 4.69) is 5.32 Å². The Labute approximate surface area is 134 Å². The highest BCUT2D eigenvalue weighted by molar-refractivity contribution is 5.30. The normalized spacial score (nSPS) is 24.6. The van der Waals surface area contributed by atoms with Gasteiger partial charge >= 0.3 is 6.18 Å². The minimum absolute atomic E-state index is 0.0580. The van der Waals surface area contributed by atoms with Gasteiger partial charge in [-0.15, -0.1) is 0 Å². The highest BCUT2D eigenvalue weighted by Crippen LogP contribution is 2.34. The number of hydrogen-bond donors (Lipinski definition) is 1. The molecular weight excluding hydrogens is 307 g/mol. The molecular formula is C17H22F3NO2. The monoisotopic (exact) mass is 329 g/mol. The quantitative estimate of drug-likeness (QED) is 0.917. The fourth-order valence-electron chi connectivity index (χ4n) is 3.48. The van der Waals surface area contributed by atoms with Crippen molar-refractivity contribution in [2.75, 3.05) is 26.3 Å². The van der Waals surface area contributed by atoms with E-state index in [-0.39, 0.29) is 6.10 Å². The highest BCUT2D eigenvalue weighted by atomic mass is 19.4. The van der Waals surface area contributed by atoms with E-state index >= 15 is 0 Å². The van der Waals surface area contributed by atoms with Crippen LogP contribution in [0.1, 0.15) is 24.8 Å². The van der Waals surface area contributed by atoms with E-state index in [0.29, 0.717) is 30.8 Å². The number of ether oxygens (including phenoxy) is 2. The van der Waals surface area contributed by atoms with Crippen molar-refractivity contribution in [3.8, 4) is 5.75 Å². The van der Waals surface area contributed by atoms with Crippen molar-refractivity contribution in [3.05, 3.63) is 29.8 Å². The van der Waals surface area contributed by atoms with Gasteiger partial charge in [0.15, 0.2) is 0 Å². The summed E-state index contributed by atoms with van der Waals surface area (Å²) < 4.78 is 50.1. The summed E-state index contributed by atoms with van der Waals surface area (Å²) in [6.07, 6.45) is -1.60. The molecule has 0 aromatic heterocycles. The molecule has 1 aromatic rings. The predicted octanol–water partition coefficient (Wildman–Crippen LogP) is 3.49. The third-order valence-electron chi connectivity index (χ3n) is 4.73. The van der Waals surface area contributed by atoms with E-state index < -0.39 is 11.7 Å². The second-order valence-corrected chi connectivity index (χ2v) is 6.31. The van der Waals surface area contributed by atoms with Crippen molar-refractivity contribution in [1.29, 1.82) is 0 Å². The first-order valence-corrected chi connectivity index (χ1v) is 8.16. The van der Waals surface area contributed by atoms with Gasteiger partial charge in [0.2, 0.25) is 0 Å². The van der Waals surface area contributed by atoms with Crippen molar-refractivity contribution in [1.82, 2.24) is 5.32 Å². The fourth-order valence-corrected chi connectivity index (χ4v) is 3.48. The number of alkyl halides is 3. The van der Waals surface area contributed by atoms with Gasteiger partial charge in [-0.1, -0.05) is 6.07 Å². The van der Waals surface area contributed by atoms with E-state index in [1.807, 2.05) is 0 Å². The van der Waals surface area contributed by atoms with Gasteiger partial charge in [-0.3, -0.25) is 0 Å². The van der Waals surface area contributed by atoms with E-state index in [1.165, 1.54) is 6.07 Å². The van der Waals surface area contributed by atoms with Crippen LogP contribution in [-0.4, -0.2) is 32.4 Å². The van der Waals surface area contributed by atoms with Crippen LogP contribution in [0.4, 0.5) is 13.2 Å². The minimum Gasteiger partial charge on any atom is -0.490 e. The molecule has 0 bridgehead atoms. The van der Waals surface area contributed by atoms with Crippen molar-refractivity contribution in [3.63, 3.8) is 0 Å². The summed E-state index contributed by atoms with van der Waals surface area (Å²) in [4.78, 5) is 0. The molecule has 3 rings (SSSR count). The van der Waals surface area contributed by atoms with Crippen LogP contribution >= 0.6 is 0 Å². The molecule has 3 nitrogen and oxygen atoms in total. The molecule has 1 aromatic carbocycles. The van der Waals surface area contributed by atoms with Crippen molar-refractivity contribution in [2.45, 2.75) is 31.5 Å². The molecule has 1 N–H and O–H groups in total. The number of halogens is 3. The maximum absolute atomic E-state index is 12.9. The third-order valence-corrected chi connectivity index (χ3v) is 4.73. The van der Waals surface area contributed by atoms with Crippen LogP contribution in [0.3, 0.4) is 0 Å². The van der Waals surface area contributed by atoms with Crippen molar-refractivity contribution in [2.24, 2.45) is 11.8 Å². The molecule has 2 aliphatic rings. The van der Waals surface area contributed by atoms with Gasteiger partial charge in [0, 0.05) is 31.6 Å². The highest BCUT2D eigenvalue weighted by Gasteiger charge is 2.35. The third kappa shape index (κ3) is 4.18. The second-order valence-electron chi connectivity index (χ2n) is 6.31. The molecule has 23 heavy (non-hydrogen) atoms. The molecule has 0 spiro atoms. The molecule has 128 valence electrons. The maximum atomic E-state index is 12.9. The summed E-state index contributed by atoms with van der Waals surface area (Å²) in [5.74, 6) is 0.985. The average molecular weight is 329 g/mol. The lowest BCUT2D eigenvalue weighted by Crippen LogP contribution is -2.39. The topological polar surface area (TPSA) is 30.5 Å². The molecule has 6 heteroatoms. The fraction of sp³-hybridized carbons (Fsp3) is 0.647. The van der Waals surface area contributed by atoms with Gasteiger partial charge in [-0.25, -0.2) is 0 Å². The standard InChI is InChI=1S/C17H22F3NO2/c18-17(19,20)14-2-1-3-15(10-14)23-16(13-4-7-21-11-13)12-5-8-22-9-6-12/h1-3,10,12-13,16,21H,4-9,11H2/t13-,16?/m0/s1. The Hall–Kier alpha value is -1.27. The minimum atomic E-state index is -4.34. The van der Waals surface area contributed by atoms with E-state index in [0.717, 1.165) is 44.5 Å². The number of nitrogens with one attached hydrogen (secondary N) is 1. The maximum Gasteiger partial charge on any atom is 0.416 e. The van der Waals surface area contributed by atoms with Crippen LogP contribution in [0, 0.1) is 11.8 Å². The van der Waals surface area contributed by atoms with Gasteiger partial charge in [-0.05, 0) is 44.0 Å². The molecule has 2 heterocycles. The Balaban J connectivity index is 1.77. The molecule has 0 amide bonds. The molecule has 1 unspecified atom stereocenters. The average Bonchev–Trinajstić information content (AvgIpc) is 3.07. The molecule has 0 radical (unpaired) electrons. The van der Waals surface area contributed by atoms with Crippen LogP contribution < -0.4 is 10.1 Å². The van der Waals surface area contributed by atoms with Crippen LogP contribution in [-0.2, 0) is 10.9 Å². The van der Waals surface area contributed by atoms with Crippen LogP contribution in [0.25, 0.3) is 0 Å². The largest absolute Gasteiger partial charge is 0.490 e. The smallest absolute Gasteiger partial charge is 0.416 e. The first-order chi connectivity index (χ1) is 11.0. The molecule has 0 saturated carbocycles. The Kier molecular flexibility index (Phi) is 5.11. The van der Waals surface area contributed by atoms with Gasteiger partial charge < -0.3 is 14.8 Å². The molecule has 2 saturated heterocycles. The van der Waals surface area contributed by atoms with Gasteiger partial charge in [0.05, 0.1) is 5.56 Å². The Bertz CT molecular complexity index is 509. The second kappa shape index (κ2) is 7.09. The molecule has 2 aliphatic heterocycles. The summed E-state index contributed by atoms with van der Waals surface area (Å²) in [6, 6.07) is 5.21. The van der Waals surface area contributed by atoms with Gasteiger partial charge in [-0.2, -0.15) is 13.2 Å². The van der Waals surface area contributed by atoms with Crippen LogP contribution in [0.2, 0.25) is 0 Å². The first-order valence-electron chi connectivity index (χ1n) is 8.16. The summed E-state index contributed by atoms with van der Waals surface area (Å²) in [5.41, 5.74) is -0.662. The lowest BCUT2D eigenvalue weighted by Gasteiger charge is -2.34. The molecule has 0 aliphatic carbocycles. The van der Waals surface area contributed by atoms with Crippen molar-refractivity contribution >= 4 is 0 Å². The lowest BCUT2D eigenvalue weighted by atomic mass is 9.85. The number of benzene rings is 1. The zero-order chi connectivity index (χ0) is 16.3. The SMILES string of the molecule is FC(F)(F)c1cccc(OC(C2CCOCC2)[C@H]2CCNC2)c1. The summed E-state index contributed by atoms with van der Waals surface area (Å²) in [7, 11) is 0. The lowest BCUT2D eigenvalue weighted by molar-refractivity contribution is -0.137. The van der Waals surface area contributed by atoms with Crippen LogP contribution in [0.15, 0.2) is 24.3 Å². The Morgan fingerprint density at radius 3 is 2.57 bits per heavy atom. The van der Waals surface area contributed by atoms with Crippen LogP contribution in [0.5, 0.6) is 5.75 Å². The molecule has 2 atom stereocenters. The van der Waals surface area contributed by atoms with Crippen molar-refractivity contribution < 1.29 is 22.6 Å². The Morgan fingerprint density at radius 2 is 1.91 bits per heavy atom. The van der Waals surface area contributed by atoms with E-state index in [9.17, 15) is 13.2 Å². The zero-order valence-corrected chi connectivity index (χ0v) is 12.9. The summed E-state index contributed by atoms with van der Waals surface area (Å²) in [6.45, 7) is 3.21. The van der Waals surface area contributed by atoms with E-state index in [1.54, 1.807) is 6.07 Å². The summed E-state index contributed by atoms with van der Waals surface area (Å²) in [5, 5.41) is 3.32. The summed E-state index contributed by atoms with van der Waals surface area (Å²) >= 11 is 0. The first kappa shape index (κ1) is 16.6. The van der Waals surface area contributed by atoms with E-state index in [4.69, 9.17) is 9.47 Å². The number of hydrogen-bond acceptors (Lipinski definition) is 3. The predicted molar refractivity (Wildman–Crippen MR) is 80.4 cm³/mol. The Morgan fingerprint density at radius 1 is 1.13 bits per heavy atom. The van der Waals surface area contributed by atoms with Gasteiger partial charge in [0.1, 0.15) is 11.9 Å². The zero-order valence-electron chi connectivity index (χ0n) is 12.9. The van der Waals surface area contributed by atoms with Gasteiger partial charge in [0.25, 0.3) is 0 Å². The molecule has 2 fully saturated rings.